The first-order valence-electron chi connectivity index (χ1n) is 7.28. The van der Waals surface area contributed by atoms with Crippen molar-refractivity contribution in [2.75, 3.05) is 4.81 Å². The minimum Gasteiger partial charge on any atom is -0.370 e. The topological polar surface area (TPSA) is 3.24 Å². The summed E-state index contributed by atoms with van der Waals surface area (Å²) in [5.41, 5.74) is 4.78. The zero-order chi connectivity index (χ0) is 15.0. The lowest BCUT2D eigenvalue weighted by Gasteiger charge is -2.40. The van der Waals surface area contributed by atoms with Crippen molar-refractivity contribution < 1.29 is 0 Å². The molecule has 0 radical (unpaired) electrons. The van der Waals surface area contributed by atoms with Crippen LogP contribution in [-0.4, -0.2) is 6.26 Å². The molecule has 0 atom stereocenters. The van der Waals surface area contributed by atoms with Gasteiger partial charge >= 0.3 is 6.26 Å². The molecule has 3 heteroatoms. The van der Waals surface area contributed by atoms with Crippen molar-refractivity contribution in [3.63, 3.8) is 0 Å². The van der Waals surface area contributed by atoms with Crippen LogP contribution in [0.3, 0.4) is 0 Å². The zero-order valence-electron chi connectivity index (χ0n) is 12.7. The summed E-state index contributed by atoms with van der Waals surface area (Å²) in [5, 5.41) is 0. The Bertz CT molecular complexity index is 673. The molecule has 0 aliphatic carbocycles. The number of nitrogens with zero attached hydrogens (tertiary/aromatic N) is 1. The molecule has 0 saturated carbocycles. The van der Waals surface area contributed by atoms with Crippen molar-refractivity contribution in [1.29, 1.82) is 0 Å². The monoisotopic (exact) mass is 295 g/mol. The molecule has 0 spiro atoms. The van der Waals surface area contributed by atoms with E-state index < -0.39 is 0 Å². The van der Waals surface area contributed by atoms with Gasteiger partial charge in [0.1, 0.15) is 0 Å². The minimum absolute atomic E-state index is 0.0243. The summed E-state index contributed by atoms with van der Waals surface area (Å²) in [6, 6.07) is 18.7. The fraction of sp³-hybridized carbons (Fsp3) is 0.222. The highest BCUT2D eigenvalue weighted by Gasteiger charge is 2.36. The molecule has 0 saturated heterocycles. The minimum atomic E-state index is -0.178. The Balaban J connectivity index is 2.19. The highest BCUT2D eigenvalue weighted by Crippen LogP contribution is 2.37. The maximum Gasteiger partial charge on any atom is 0.400 e. The van der Waals surface area contributed by atoms with Crippen LogP contribution < -0.4 is 10.3 Å². The molecule has 1 aliphatic rings. The van der Waals surface area contributed by atoms with Gasteiger partial charge in [-0.05, 0) is 29.2 Å². The summed E-state index contributed by atoms with van der Waals surface area (Å²) < 4.78 is 0. The molecule has 0 unspecified atom stereocenters. The van der Waals surface area contributed by atoms with E-state index in [1.54, 1.807) is 0 Å². The lowest BCUT2D eigenvalue weighted by atomic mass is 9.68. The fourth-order valence-electron chi connectivity index (χ4n) is 2.77. The maximum atomic E-state index is 6.83. The molecule has 0 aromatic heterocycles. The van der Waals surface area contributed by atoms with E-state index in [2.05, 4.69) is 74.1 Å². The van der Waals surface area contributed by atoms with Crippen LogP contribution in [0, 0.1) is 5.41 Å². The van der Waals surface area contributed by atoms with E-state index in [-0.39, 0.29) is 11.7 Å². The van der Waals surface area contributed by atoms with Crippen molar-refractivity contribution in [3.8, 4) is 0 Å². The molecule has 2 aromatic carbocycles. The normalized spacial score (nSPS) is 14.8. The summed E-state index contributed by atoms with van der Waals surface area (Å²) in [5.74, 6) is 0. The smallest absolute Gasteiger partial charge is 0.370 e. The molecule has 3 rings (SSSR count). The maximum absolute atomic E-state index is 6.83. The standard InChI is InChI=1S/C18H19BClN/c1-18(2,3)17-13-14-9-7-8-12-16(14)19(20)21(17)15-10-5-4-6-11-15/h4-13H,1-3H3. The van der Waals surface area contributed by atoms with Crippen molar-refractivity contribution in [1.82, 2.24) is 0 Å². The van der Waals surface area contributed by atoms with Gasteiger partial charge in [-0.25, -0.2) is 0 Å². The summed E-state index contributed by atoms with van der Waals surface area (Å²) in [6.45, 7) is 6.69. The van der Waals surface area contributed by atoms with Crippen LogP contribution in [-0.2, 0) is 0 Å². The highest BCUT2D eigenvalue weighted by molar-refractivity contribution is 7.16. The Morgan fingerprint density at radius 1 is 0.905 bits per heavy atom. The lowest BCUT2D eigenvalue weighted by molar-refractivity contribution is 0.502. The highest BCUT2D eigenvalue weighted by atomic mass is 35.5. The first-order chi connectivity index (χ1) is 9.98. The van der Waals surface area contributed by atoms with Gasteiger partial charge < -0.3 is 4.81 Å². The molecule has 1 aliphatic heterocycles. The number of hydrogen-bond donors (Lipinski definition) is 0. The predicted molar refractivity (Wildman–Crippen MR) is 94.0 cm³/mol. The van der Waals surface area contributed by atoms with Gasteiger partial charge in [0.15, 0.2) is 0 Å². The summed E-state index contributed by atoms with van der Waals surface area (Å²) in [4.78, 5) is 2.24. The molecular formula is C18H19BClN. The van der Waals surface area contributed by atoms with Crippen LogP contribution in [0.15, 0.2) is 60.3 Å². The summed E-state index contributed by atoms with van der Waals surface area (Å²) in [7, 11) is 0. The molecular weight excluding hydrogens is 276 g/mol. The van der Waals surface area contributed by atoms with Gasteiger partial charge in [0.25, 0.3) is 0 Å². The second kappa shape index (κ2) is 5.27. The quantitative estimate of drug-likeness (QED) is 0.699. The zero-order valence-corrected chi connectivity index (χ0v) is 13.4. The van der Waals surface area contributed by atoms with E-state index in [4.69, 9.17) is 11.5 Å². The first-order valence-corrected chi connectivity index (χ1v) is 7.71. The van der Waals surface area contributed by atoms with E-state index in [1.165, 1.54) is 11.3 Å². The van der Waals surface area contributed by atoms with Gasteiger partial charge in [0, 0.05) is 16.8 Å². The third-order valence-electron chi connectivity index (χ3n) is 3.83. The molecule has 1 heterocycles. The number of anilines is 1. The molecule has 106 valence electrons. The van der Waals surface area contributed by atoms with E-state index in [1.807, 2.05) is 12.1 Å². The number of halogens is 1. The largest absolute Gasteiger partial charge is 0.400 e. The summed E-state index contributed by atoms with van der Waals surface area (Å²) in [6.07, 6.45) is 2.09. The Kier molecular flexibility index (Phi) is 3.58. The van der Waals surface area contributed by atoms with Gasteiger partial charge in [0.05, 0.1) is 0 Å². The van der Waals surface area contributed by atoms with E-state index in [0.717, 1.165) is 11.2 Å². The van der Waals surface area contributed by atoms with Gasteiger partial charge in [-0.2, -0.15) is 11.5 Å². The van der Waals surface area contributed by atoms with E-state index >= 15 is 0 Å². The van der Waals surface area contributed by atoms with Crippen molar-refractivity contribution in [3.05, 3.63) is 65.9 Å². The van der Waals surface area contributed by atoms with Crippen molar-refractivity contribution in [2.24, 2.45) is 5.41 Å². The van der Waals surface area contributed by atoms with E-state index in [9.17, 15) is 0 Å². The Morgan fingerprint density at radius 3 is 2.19 bits per heavy atom. The number of allylic oxidation sites excluding steroid dienone is 1. The first kappa shape index (κ1) is 14.3. The number of benzene rings is 2. The van der Waals surface area contributed by atoms with Gasteiger partial charge in [-0.15, -0.1) is 0 Å². The lowest BCUT2D eigenvalue weighted by Crippen LogP contribution is -2.50. The van der Waals surface area contributed by atoms with Crippen LogP contribution in [0.2, 0.25) is 0 Å². The fourth-order valence-corrected chi connectivity index (χ4v) is 3.19. The Hall–Kier alpha value is -1.67. The SMILES string of the molecule is CC(C)(C)C1=Cc2ccccc2B(Cl)N1c1ccccc1. The molecule has 0 N–H and O–H groups in total. The second-order valence-electron chi connectivity index (χ2n) is 6.45. The van der Waals surface area contributed by atoms with Gasteiger partial charge in [-0.3, -0.25) is 0 Å². The van der Waals surface area contributed by atoms with Crippen molar-refractivity contribution in [2.45, 2.75) is 20.8 Å². The number of para-hydroxylation sites is 1. The molecule has 0 amide bonds. The van der Waals surface area contributed by atoms with E-state index in [0.29, 0.717) is 0 Å². The van der Waals surface area contributed by atoms with Crippen molar-refractivity contribution >= 4 is 34.9 Å². The van der Waals surface area contributed by atoms with Crippen LogP contribution in [0.25, 0.3) is 6.08 Å². The Labute approximate surface area is 132 Å². The summed E-state index contributed by atoms with van der Waals surface area (Å²) >= 11 is 6.83. The molecule has 21 heavy (non-hydrogen) atoms. The molecule has 2 aromatic rings. The average molecular weight is 296 g/mol. The second-order valence-corrected chi connectivity index (χ2v) is 6.86. The van der Waals surface area contributed by atoms with Gasteiger partial charge in [0.2, 0.25) is 0 Å². The molecule has 0 fully saturated rings. The Morgan fingerprint density at radius 2 is 1.52 bits per heavy atom. The van der Waals surface area contributed by atoms with Crippen LogP contribution in [0.5, 0.6) is 0 Å². The number of fused-ring (bicyclic) bond motifs is 1. The molecule has 0 bridgehead atoms. The predicted octanol–water partition coefficient (Wildman–Crippen LogP) is 4.53. The van der Waals surface area contributed by atoms with Crippen LogP contribution in [0.1, 0.15) is 26.3 Å². The average Bonchev–Trinajstić information content (AvgIpc) is 2.47. The number of hydrogen-bond acceptors (Lipinski definition) is 1. The third-order valence-corrected chi connectivity index (χ3v) is 4.26. The third kappa shape index (κ3) is 2.61. The number of rotatable bonds is 1. The van der Waals surface area contributed by atoms with Crippen LogP contribution >= 0.6 is 11.5 Å². The van der Waals surface area contributed by atoms with Gasteiger partial charge in [-0.1, -0.05) is 63.2 Å². The molecule has 1 nitrogen and oxygen atoms in total. The van der Waals surface area contributed by atoms with Crippen LogP contribution in [0.4, 0.5) is 5.69 Å².